The van der Waals surface area contributed by atoms with Gasteiger partial charge in [0.2, 0.25) is 5.91 Å². The molecule has 27 heteroatoms. The Bertz CT molecular complexity index is 4040. The summed E-state index contributed by atoms with van der Waals surface area (Å²) in [6.07, 6.45) is 4.21. The number of nitrogens with one attached hydrogen (secondary N) is 5. The van der Waals surface area contributed by atoms with Crippen LogP contribution in [0.25, 0.3) is 22.8 Å². The van der Waals surface area contributed by atoms with Crippen molar-refractivity contribution in [2.45, 2.75) is 84.9 Å². The molecule has 440 valence electrons. The van der Waals surface area contributed by atoms with Gasteiger partial charge in [-0.2, -0.15) is 27.8 Å². The second kappa shape index (κ2) is 24.6. The number of anilines is 1. The van der Waals surface area contributed by atoms with E-state index in [1.54, 1.807) is 18.2 Å². The van der Waals surface area contributed by atoms with Crippen molar-refractivity contribution >= 4 is 58.0 Å². The van der Waals surface area contributed by atoms with Crippen molar-refractivity contribution in [3.05, 3.63) is 194 Å². The number of benzene rings is 4. The topological polar surface area (TPSA) is 265 Å². The molecule has 2 aliphatic rings. The minimum atomic E-state index is -3.33. The summed E-state index contributed by atoms with van der Waals surface area (Å²) in [6.45, 7) is 5.18. The Kier molecular flexibility index (Phi) is 17.2. The van der Waals surface area contributed by atoms with Crippen LogP contribution in [0.1, 0.15) is 129 Å². The van der Waals surface area contributed by atoms with E-state index in [1.807, 2.05) is 19.9 Å². The molecular weight excluding hydrogens is 1130 g/mol. The van der Waals surface area contributed by atoms with Crippen molar-refractivity contribution in [1.29, 1.82) is 0 Å². The fraction of sp³-hybridized carbons (Fsp3) is 0.224. The third-order valence-corrected chi connectivity index (χ3v) is 14.1. The van der Waals surface area contributed by atoms with Crippen molar-refractivity contribution < 1.29 is 74.4 Å². The first-order chi connectivity index (χ1) is 40.4. The number of carbonyl (C=O) groups excluding carboxylic acids is 5. The van der Waals surface area contributed by atoms with Gasteiger partial charge in [-0.15, -0.1) is 0 Å². The van der Waals surface area contributed by atoms with E-state index in [-0.39, 0.29) is 70.3 Å². The van der Waals surface area contributed by atoms with Gasteiger partial charge in [0.25, 0.3) is 23.6 Å². The quantitative estimate of drug-likeness (QED) is 0.0331. The monoisotopic (exact) mass is 1180 g/mol. The molecule has 4 heterocycles. The van der Waals surface area contributed by atoms with Crippen LogP contribution in [0, 0.1) is 31.3 Å². The van der Waals surface area contributed by atoms with Crippen LogP contribution in [0.3, 0.4) is 0 Å². The van der Waals surface area contributed by atoms with E-state index in [9.17, 15) is 64.9 Å². The zero-order chi connectivity index (χ0) is 61.1. The zero-order valence-electron chi connectivity index (χ0n) is 45.1. The number of aliphatic hydroxyl groups excluding tert-OH is 2. The second-order valence-electron chi connectivity index (χ2n) is 19.5. The maximum absolute atomic E-state index is 14.5. The first-order valence-corrected chi connectivity index (χ1v) is 25.8. The van der Waals surface area contributed by atoms with Crippen LogP contribution in [0.2, 0.25) is 0 Å². The average molecular weight is 1180 g/mol. The van der Waals surface area contributed by atoms with Crippen LogP contribution in [0.5, 0.6) is 11.5 Å². The lowest BCUT2D eigenvalue weighted by molar-refractivity contribution is -0.114. The molecule has 10 rings (SSSR count). The van der Waals surface area contributed by atoms with Gasteiger partial charge in [0.1, 0.15) is 40.1 Å². The molecule has 0 aliphatic heterocycles. The predicted octanol–water partition coefficient (Wildman–Crippen LogP) is 9.41. The molecule has 0 fully saturated rings. The molecular formula is C58H50F7N11O9. The largest absolute Gasteiger partial charge is 0.508 e. The summed E-state index contributed by atoms with van der Waals surface area (Å²) in [6, 6.07) is 15.8. The Morgan fingerprint density at radius 3 is 1.51 bits per heavy atom. The molecule has 0 spiro atoms. The molecule has 0 bridgehead atoms. The van der Waals surface area contributed by atoms with Crippen molar-refractivity contribution in [1.82, 2.24) is 50.5 Å². The lowest BCUT2D eigenvalue weighted by Gasteiger charge is -2.17. The van der Waals surface area contributed by atoms with Crippen LogP contribution in [-0.2, 0) is 30.7 Å². The van der Waals surface area contributed by atoms with Crippen molar-refractivity contribution in [2.24, 2.45) is 0 Å². The third-order valence-electron chi connectivity index (χ3n) is 14.1. The van der Waals surface area contributed by atoms with Gasteiger partial charge in [-0.05, 0) is 108 Å². The number of aliphatic hydroxyl groups is 2. The van der Waals surface area contributed by atoms with Crippen LogP contribution in [0.15, 0.2) is 98.3 Å². The molecule has 7 N–H and O–H groups in total. The average Bonchev–Trinajstić information content (AvgIpc) is 4.33. The lowest BCUT2D eigenvalue weighted by Crippen LogP contribution is -2.30. The number of aromatic nitrogens is 6. The molecule has 0 saturated heterocycles. The van der Waals surface area contributed by atoms with E-state index in [1.165, 1.54) is 31.2 Å². The van der Waals surface area contributed by atoms with Gasteiger partial charge in [0.05, 0.1) is 30.2 Å². The maximum atomic E-state index is 14.5. The van der Waals surface area contributed by atoms with Crippen LogP contribution in [0.4, 0.5) is 36.4 Å². The highest BCUT2D eigenvalue weighted by molar-refractivity contribution is 5.99. The molecule has 0 saturated carbocycles. The van der Waals surface area contributed by atoms with Gasteiger partial charge < -0.3 is 46.3 Å². The Hall–Kier alpha value is -10.3. The lowest BCUT2D eigenvalue weighted by atomic mass is 9.97. The molecule has 2 aliphatic carbocycles. The van der Waals surface area contributed by atoms with Gasteiger partial charge in [-0.1, -0.05) is 49.6 Å². The van der Waals surface area contributed by atoms with Gasteiger partial charge in [-0.3, -0.25) is 24.0 Å². The Morgan fingerprint density at radius 2 is 1.06 bits per heavy atom. The second-order valence-corrected chi connectivity index (χ2v) is 19.5. The molecule has 4 aromatic heterocycles. The van der Waals surface area contributed by atoms with E-state index >= 15 is 0 Å². The van der Waals surface area contributed by atoms with Crippen LogP contribution in [-0.4, -0.2) is 82.2 Å². The molecule has 20 nitrogen and oxygen atoms in total. The molecule has 85 heavy (non-hydrogen) atoms. The fourth-order valence-electron chi connectivity index (χ4n) is 10.1. The smallest absolute Gasteiger partial charge is 0.387 e. The number of halogens is 7. The summed E-state index contributed by atoms with van der Waals surface area (Å²) in [7, 11) is 0. The summed E-state index contributed by atoms with van der Waals surface area (Å²) in [5, 5.41) is 40.8. The van der Waals surface area contributed by atoms with Crippen molar-refractivity contribution in [3.8, 4) is 11.5 Å². The first-order valence-electron chi connectivity index (χ1n) is 25.8. The first kappa shape index (κ1) is 59.3. The molecule has 2 atom stereocenters. The van der Waals surface area contributed by atoms with E-state index in [0.29, 0.717) is 42.4 Å². The molecule has 0 unspecified atom stereocenters. The van der Waals surface area contributed by atoms with E-state index < -0.39 is 83.4 Å². The van der Waals surface area contributed by atoms with Gasteiger partial charge in [0, 0.05) is 43.3 Å². The Labute approximate surface area is 477 Å². The minimum Gasteiger partial charge on any atom is -0.508 e. The van der Waals surface area contributed by atoms with Gasteiger partial charge >= 0.3 is 13.2 Å². The fourth-order valence-corrected chi connectivity index (χ4v) is 10.1. The summed E-state index contributed by atoms with van der Waals surface area (Å²) < 4.78 is 104. The Balaban J connectivity index is 0.000000204. The number of amides is 5. The molecule has 4 aromatic carbocycles. The summed E-state index contributed by atoms with van der Waals surface area (Å²) in [4.78, 5) is 72.2. The van der Waals surface area contributed by atoms with E-state index in [0.717, 1.165) is 79.1 Å². The number of hydrogen-bond donors (Lipinski definition) is 7. The number of carbonyl (C=O) groups is 5. The van der Waals surface area contributed by atoms with Crippen molar-refractivity contribution in [2.75, 3.05) is 5.32 Å². The standard InChI is InChI=1S/C29H24F5N5O5.C29H26F2N6O4/c1-13-16(14(2)40)4-5-18-17(13)6-7-20(18)38-27(42)22-10-21(37-25-19(30)12-36-39(22)25)26(41)35-11-15-3-8-23(43-28(31)32)24(9-15)44-29(33)34;1-14-18(15(2)38)5-6-20-19(14)7-9-23(20)36-29(41)26-11-25(35-27-22(31)13-33-37(26)27)28(40)32-12-17-4-8-21(30)24(10-17)34-16(3)39/h3-5,8-10,12,20,28-29,40H,2,6-7,11H2,1H3,(H,35,41)(H,38,42);4-6,8,10-11,13,23,38H,2,7,9,12H2,1,3H3,(H,32,40)(H,34,39)(H,36,41)/t20-;23-/m00/s1. The SMILES string of the molecule is C=C(O)c1ccc2c(c1C)CC[C@@H]2NC(=O)c1cc(C(=O)NCc2ccc(F)c(NC(C)=O)c2)nc2c(F)cnn12.C=C(O)c1ccc2c(c1C)CC[C@@H]2NC(=O)c1cc(C(=O)NCc2ccc(OC(F)F)c(OC(F)F)c2)nc2c(F)cnn12. The number of ether oxygens (including phenoxy) is 2. The highest BCUT2D eigenvalue weighted by atomic mass is 19.3. The normalized spacial score (nSPS) is 14.1. The summed E-state index contributed by atoms with van der Waals surface area (Å²) in [5.74, 6) is -7.00. The van der Waals surface area contributed by atoms with Crippen LogP contribution >= 0.6 is 0 Å². The molecule has 8 aromatic rings. The number of rotatable bonds is 17. The van der Waals surface area contributed by atoms with Gasteiger partial charge in [0.15, 0.2) is 34.4 Å². The molecule has 5 amide bonds. The van der Waals surface area contributed by atoms with E-state index in [4.69, 9.17) is 0 Å². The number of hydrogen-bond acceptors (Lipinski definition) is 13. The predicted molar refractivity (Wildman–Crippen MR) is 291 cm³/mol. The number of alkyl halides is 4. The van der Waals surface area contributed by atoms with E-state index in [2.05, 4.69) is 69.4 Å². The Morgan fingerprint density at radius 1 is 0.612 bits per heavy atom. The highest BCUT2D eigenvalue weighted by Gasteiger charge is 2.31. The van der Waals surface area contributed by atoms with Crippen molar-refractivity contribution in [3.63, 3.8) is 0 Å². The summed E-state index contributed by atoms with van der Waals surface area (Å²) in [5.41, 5.74) is 5.77. The van der Waals surface area contributed by atoms with Gasteiger partial charge in [-0.25, -0.2) is 32.2 Å². The number of fused-ring (bicyclic) bond motifs is 4. The minimum absolute atomic E-state index is 0.0314. The highest BCUT2D eigenvalue weighted by Crippen LogP contribution is 2.38. The third kappa shape index (κ3) is 12.8. The van der Waals surface area contributed by atoms with Crippen LogP contribution < -0.4 is 36.1 Å². The summed E-state index contributed by atoms with van der Waals surface area (Å²) >= 11 is 0. The molecule has 0 radical (unpaired) electrons. The maximum Gasteiger partial charge on any atom is 0.387 e. The number of nitrogens with zero attached hydrogens (tertiary/aromatic N) is 6. The zero-order valence-corrected chi connectivity index (χ0v) is 45.1.